The fraction of sp³-hybridized carbons (Fsp3) is 0.625. The zero-order chi connectivity index (χ0) is 13.6. The first-order valence-corrected chi connectivity index (χ1v) is 6.89. The van der Waals surface area contributed by atoms with Gasteiger partial charge >= 0.3 is 0 Å². The number of nitrogens with one attached hydrogen (secondary N) is 1. The van der Waals surface area contributed by atoms with Gasteiger partial charge in [0.15, 0.2) is 0 Å². The summed E-state index contributed by atoms with van der Waals surface area (Å²) in [6.07, 6.45) is 0. The summed E-state index contributed by atoms with van der Waals surface area (Å²) in [5, 5.41) is 3.41. The normalized spacial score (nSPS) is 11.9. The summed E-state index contributed by atoms with van der Waals surface area (Å²) in [5.74, 6) is 1.53. The first-order valence-electron chi connectivity index (χ1n) is 6.89. The van der Waals surface area contributed by atoms with Crippen molar-refractivity contribution < 1.29 is 4.74 Å². The van der Waals surface area contributed by atoms with E-state index in [2.05, 4.69) is 64.2 Å². The van der Waals surface area contributed by atoms with Crippen LogP contribution >= 0.6 is 0 Å². The van der Waals surface area contributed by atoms with Crippen LogP contribution in [0.5, 0.6) is 5.75 Å². The standard InChI is InChI=1S/C16H27NO/c1-6-17-12-16(4,5)14-7-9-15(10-8-14)18-11-13(2)3/h7-10,13,17H,6,11-12H2,1-5H3. The maximum absolute atomic E-state index is 5.70. The van der Waals surface area contributed by atoms with E-state index in [-0.39, 0.29) is 5.41 Å². The highest BCUT2D eigenvalue weighted by atomic mass is 16.5. The molecule has 1 rings (SSSR count). The van der Waals surface area contributed by atoms with Gasteiger partial charge in [0.2, 0.25) is 0 Å². The SMILES string of the molecule is CCNCC(C)(C)c1ccc(OCC(C)C)cc1. The molecular weight excluding hydrogens is 222 g/mol. The smallest absolute Gasteiger partial charge is 0.119 e. The molecule has 0 aliphatic carbocycles. The molecule has 18 heavy (non-hydrogen) atoms. The van der Waals surface area contributed by atoms with Crippen molar-refractivity contribution in [3.05, 3.63) is 29.8 Å². The quantitative estimate of drug-likeness (QED) is 0.797. The molecule has 0 atom stereocenters. The molecule has 0 heterocycles. The maximum atomic E-state index is 5.70. The topological polar surface area (TPSA) is 21.3 Å². The van der Waals surface area contributed by atoms with Crippen molar-refractivity contribution in [1.29, 1.82) is 0 Å². The Hall–Kier alpha value is -1.02. The predicted molar refractivity (Wildman–Crippen MR) is 78.3 cm³/mol. The molecule has 0 aliphatic heterocycles. The lowest BCUT2D eigenvalue weighted by Crippen LogP contribution is -2.32. The molecule has 0 spiro atoms. The third-order valence-corrected chi connectivity index (χ3v) is 3.04. The van der Waals surface area contributed by atoms with Gasteiger partial charge in [-0.1, -0.05) is 46.8 Å². The molecule has 2 nitrogen and oxygen atoms in total. The van der Waals surface area contributed by atoms with E-state index in [1.54, 1.807) is 0 Å². The molecule has 0 fully saturated rings. The van der Waals surface area contributed by atoms with Crippen molar-refractivity contribution in [3.63, 3.8) is 0 Å². The van der Waals surface area contributed by atoms with E-state index < -0.39 is 0 Å². The second-order valence-corrected chi connectivity index (χ2v) is 5.89. The van der Waals surface area contributed by atoms with Gasteiger partial charge in [0, 0.05) is 12.0 Å². The Morgan fingerprint density at radius 3 is 2.28 bits per heavy atom. The van der Waals surface area contributed by atoms with Gasteiger partial charge < -0.3 is 10.1 Å². The fourth-order valence-corrected chi connectivity index (χ4v) is 1.80. The van der Waals surface area contributed by atoms with Crippen LogP contribution in [0.2, 0.25) is 0 Å². The molecule has 1 aromatic rings. The third-order valence-electron chi connectivity index (χ3n) is 3.04. The van der Waals surface area contributed by atoms with Crippen LogP contribution in [-0.4, -0.2) is 19.7 Å². The van der Waals surface area contributed by atoms with Crippen LogP contribution < -0.4 is 10.1 Å². The molecule has 0 saturated carbocycles. The minimum Gasteiger partial charge on any atom is -0.493 e. The van der Waals surface area contributed by atoms with E-state index >= 15 is 0 Å². The molecule has 102 valence electrons. The summed E-state index contributed by atoms with van der Waals surface area (Å²) in [6.45, 7) is 13.8. The van der Waals surface area contributed by atoms with Gasteiger partial charge in [0.1, 0.15) is 5.75 Å². The van der Waals surface area contributed by atoms with Crippen LogP contribution in [-0.2, 0) is 5.41 Å². The maximum Gasteiger partial charge on any atom is 0.119 e. The Balaban J connectivity index is 2.63. The number of benzene rings is 1. The summed E-state index contributed by atoms with van der Waals surface area (Å²) in [7, 11) is 0. The Bertz CT molecular complexity index is 341. The molecule has 0 unspecified atom stereocenters. The molecule has 0 amide bonds. The predicted octanol–water partition coefficient (Wildman–Crippen LogP) is 3.61. The highest BCUT2D eigenvalue weighted by Crippen LogP contribution is 2.24. The van der Waals surface area contributed by atoms with Gasteiger partial charge in [-0.2, -0.15) is 0 Å². The zero-order valence-corrected chi connectivity index (χ0v) is 12.4. The van der Waals surface area contributed by atoms with Crippen LogP contribution in [0, 0.1) is 5.92 Å². The molecule has 0 bridgehead atoms. The average Bonchev–Trinajstić information content (AvgIpc) is 2.34. The van der Waals surface area contributed by atoms with Gasteiger partial charge in [-0.3, -0.25) is 0 Å². The number of likely N-dealkylation sites (N-methyl/N-ethyl adjacent to an activating group) is 1. The van der Waals surface area contributed by atoms with Crippen LogP contribution in [0.3, 0.4) is 0 Å². The number of rotatable bonds is 7. The first-order chi connectivity index (χ1) is 8.45. The molecule has 1 aromatic carbocycles. The zero-order valence-electron chi connectivity index (χ0n) is 12.4. The van der Waals surface area contributed by atoms with E-state index in [0.717, 1.165) is 25.4 Å². The Morgan fingerprint density at radius 1 is 1.17 bits per heavy atom. The molecule has 0 saturated heterocycles. The summed E-state index contributed by atoms with van der Waals surface area (Å²) < 4.78 is 5.70. The highest BCUT2D eigenvalue weighted by Gasteiger charge is 2.19. The molecular formula is C16H27NO. The van der Waals surface area contributed by atoms with Crippen molar-refractivity contribution in [3.8, 4) is 5.75 Å². The summed E-state index contributed by atoms with van der Waals surface area (Å²) in [6, 6.07) is 8.50. The lowest BCUT2D eigenvalue weighted by Gasteiger charge is -2.25. The van der Waals surface area contributed by atoms with Crippen LogP contribution in [0.1, 0.15) is 40.2 Å². The Morgan fingerprint density at radius 2 is 1.78 bits per heavy atom. The van der Waals surface area contributed by atoms with Gasteiger partial charge in [0.05, 0.1) is 6.61 Å². The van der Waals surface area contributed by atoms with Gasteiger partial charge in [-0.15, -0.1) is 0 Å². The molecule has 0 aromatic heterocycles. The van der Waals surface area contributed by atoms with E-state index in [9.17, 15) is 0 Å². The van der Waals surface area contributed by atoms with Crippen molar-refractivity contribution in [2.45, 2.75) is 40.0 Å². The second-order valence-electron chi connectivity index (χ2n) is 5.89. The van der Waals surface area contributed by atoms with Crippen molar-refractivity contribution in [2.24, 2.45) is 5.92 Å². The van der Waals surface area contributed by atoms with Gasteiger partial charge in [-0.05, 0) is 30.2 Å². The average molecular weight is 249 g/mol. The number of hydrogen-bond donors (Lipinski definition) is 1. The van der Waals surface area contributed by atoms with Crippen LogP contribution in [0.15, 0.2) is 24.3 Å². The largest absolute Gasteiger partial charge is 0.493 e. The van der Waals surface area contributed by atoms with E-state index in [1.165, 1.54) is 5.56 Å². The summed E-state index contributed by atoms with van der Waals surface area (Å²) in [4.78, 5) is 0. The molecule has 0 radical (unpaired) electrons. The minimum atomic E-state index is 0.159. The lowest BCUT2D eigenvalue weighted by atomic mass is 9.84. The van der Waals surface area contributed by atoms with Crippen molar-refractivity contribution in [1.82, 2.24) is 5.32 Å². The monoisotopic (exact) mass is 249 g/mol. The third kappa shape index (κ3) is 4.69. The highest BCUT2D eigenvalue weighted by molar-refractivity contribution is 5.31. The van der Waals surface area contributed by atoms with Crippen molar-refractivity contribution in [2.75, 3.05) is 19.7 Å². The van der Waals surface area contributed by atoms with Crippen LogP contribution in [0.25, 0.3) is 0 Å². The van der Waals surface area contributed by atoms with E-state index in [1.807, 2.05) is 0 Å². The molecule has 0 aliphatic rings. The van der Waals surface area contributed by atoms with E-state index in [0.29, 0.717) is 5.92 Å². The molecule has 1 N–H and O–H groups in total. The van der Waals surface area contributed by atoms with E-state index in [4.69, 9.17) is 4.74 Å². The second kappa shape index (κ2) is 6.79. The Labute approximate surface area is 112 Å². The fourth-order valence-electron chi connectivity index (χ4n) is 1.80. The van der Waals surface area contributed by atoms with Crippen molar-refractivity contribution >= 4 is 0 Å². The Kier molecular flexibility index (Phi) is 5.67. The number of ether oxygens (including phenoxy) is 1. The summed E-state index contributed by atoms with van der Waals surface area (Å²) >= 11 is 0. The molecule has 2 heteroatoms. The van der Waals surface area contributed by atoms with Gasteiger partial charge in [-0.25, -0.2) is 0 Å². The lowest BCUT2D eigenvalue weighted by molar-refractivity contribution is 0.271. The van der Waals surface area contributed by atoms with Gasteiger partial charge in [0.25, 0.3) is 0 Å². The first kappa shape index (κ1) is 15.0. The van der Waals surface area contributed by atoms with Crippen LogP contribution in [0.4, 0.5) is 0 Å². The number of hydrogen-bond acceptors (Lipinski definition) is 2. The summed E-state index contributed by atoms with van der Waals surface area (Å²) in [5.41, 5.74) is 1.51. The minimum absolute atomic E-state index is 0.159.